The zero-order valence-corrected chi connectivity index (χ0v) is 22.1. The maximum absolute atomic E-state index is 12.8. The Hall–Kier alpha value is -4.56. The molecule has 0 unspecified atom stereocenters. The molecule has 1 fully saturated rings. The molecule has 0 aromatic heterocycles. The largest absolute Gasteiger partial charge is 0.506 e. The van der Waals surface area contributed by atoms with Crippen molar-refractivity contribution in [1.29, 1.82) is 0 Å². The number of anilines is 6. The zero-order valence-electron chi connectivity index (χ0n) is 22.1. The summed E-state index contributed by atoms with van der Waals surface area (Å²) in [5.74, 6) is -1.88. The fraction of sp³-hybridized carbons (Fsp3) is 0.360. The fourth-order valence-corrected chi connectivity index (χ4v) is 4.33. The van der Waals surface area contributed by atoms with Crippen molar-refractivity contribution in [2.75, 3.05) is 79.1 Å². The molecule has 210 valence electrons. The SMILES string of the molecule is CC(=O)Nc1cc(N)c(NC(=O)CN2CC[N+](C)(CC(=O)Nc3c(N)cc(NC(C)=O)cc3O)CC2)c(O)c1. The van der Waals surface area contributed by atoms with Crippen molar-refractivity contribution >= 4 is 57.8 Å². The smallest absolute Gasteiger partial charge is 0.279 e. The summed E-state index contributed by atoms with van der Waals surface area (Å²) >= 11 is 0. The van der Waals surface area contributed by atoms with E-state index in [4.69, 9.17) is 11.5 Å². The van der Waals surface area contributed by atoms with Crippen LogP contribution in [0.2, 0.25) is 0 Å². The minimum absolute atomic E-state index is 0.0591. The summed E-state index contributed by atoms with van der Waals surface area (Å²) in [5, 5.41) is 30.8. The quantitative estimate of drug-likeness (QED) is 0.132. The number of rotatable bonds is 8. The van der Waals surface area contributed by atoms with Gasteiger partial charge < -0.3 is 47.4 Å². The van der Waals surface area contributed by atoms with Gasteiger partial charge in [-0.15, -0.1) is 0 Å². The number of nitrogens with two attached hydrogens (primary N) is 2. The van der Waals surface area contributed by atoms with Gasteiger partial charge in [-0.1, -0.05) is 0 Å². The maximum atomic E-state index is 12.8. The lowest BCUT2D eigenvalue weighted by Gasteiger charge is -2.41. The van der Waals surface area contributed by atoms with E-state index in [2.05, 4.69) is 21.3 Å². The van der Waals surface area contributed by atoms with Crippen LogP contribution in [0.4, 0.5) is 34.1 Å². The molecule has 14 heteroatoms. The van der Waals surface area contributed by atoms with Gasteiger partial charge >= 0.3 is 0 Å². The minimum Gasteiger partial charge on any atom is -0.506 e. The van der Waals surface area contributed by atoms with Crippen molar-refractivity contribution < 1.29 is 33.9 Å². The zero-order chi connectivity index (χ0) is 28.9. The molecule has 1 saturated heterocycles. The molecule has 0 radical (unpaired) electrons. The normalized spacial score (nSPS) is 14.7. The lowest BCUT2D eigenvalue weighted by atomic mass is 10.2. The molecule has 1 aliphatic heterocycles. The van der Waals surface area contributed by atoms with Gasteiger partial charge in [0.1, 0.15) is 22.9 Å². The number of nitrogens with zero attached hydrogens (tertiary/aromatic N) is 2. The number of quaternary nitrogens is 1. The van der Waals surface area contributed by atoms with Crippen LogP contribution in [0, 0.1) is 0 Å². The molecule has 0 aliphatic carbocycles. The predicted octanol–water partition coefficient (Wildman–Crippen LogP) is 0.518. The highest BCUT2D eigenvalue weighted by atomic mass is 16.3. The van der Waals surface area contributed by atoms with Crippen LogP contribution in [-0.2, 0) is 19.2 Å². The number of nitrogens with one attached hydrogen (secondary N) is 4. The summed E-state index contributed by atoms with van der Waals surface area (Å²) in [6.45, 7) is 5.09. The van der Waals surface area contributed by atoms with Gasteiger partial charge in [-0.05, 0) is 12.1 Å². The molecule has 3 rings (SSSR count). The number of aromatic hydroxyl groups is 2. The maximum Gasteiger partial charge on any atom is 0.279 e. The number of amides is 4. The highest BCUT2D eigenvalue weighted by Crippen LogP contribution is 2.34. The number of nitrogen functional groups attached to an aromatic ring is 2. The van der Waals surface area contributed by atoms with Gasteiger partial charge in [0.25, 0.3) is 5.91 Å². The standard InChI is InChI=1S/C25H34N8O6/c1-14(34)28-16-8-18(26)24(20(36)10-16)30-22(38)12-32-4-6-33(3,7-5-32)13-23(39)31-25-19(27)9-17(11-21(25)37)29-15(2)35/h8-11H,4-7,12-13,26-27H2,1-3H3,(H5-,28,29,30,31,34,35,36,37,38,39)/p+1. The average molecular weight is 544 g/mol. The van der Waals surface area contributed by atoms with Crippen LogP contribution in [0.15, 0.2) is 24.3 Å². The van der Waals surface area contributed by atoms with E-state index in [1.807, 2.05) is 11.9 Å². The van der Waals surface area contributed by atoms with E-state index < -0.39 is 0 Å². The van der Waals surface area contributed by atoms with Crippen molar-refractivity contribution in [2.24, 2.45) is 0 Å². The Kier molecular flexibility index (Phi) is 8.83. The van der Waals surface area contributed by atoms with E-state index in [-0.39, 0.29) is 71.0 Å². The monoisotopic (exact) mass is 543 g/mol. The summed E-state index contributed by atoms with van der Waals surface area (Å²) in [7, 11) is 1.93. The van der Waals surface area contributed by atoms with Crippen LogP contribution in [0.25, 0.3) is 0 Å². The van der Waals surface area contributed by atoms with Gasteiger partial charge in [-0.2, -0.15) is 0 Å². The molecule has 0 bridgehead atoms. The van der Waals surface area contributed by atoms with Crippen molar-refractivity contribution in [2.45, 2.75) is 13.8 Å². The average Bonchev–Trinajstić information content (AvgIpc) is 2.79. The number of carbonyl (C=O) groups is 4. The van der Waals surface area contributed by atoms with Gasteiger partial charge in [-0.3, -0.25) is 24.1 Å². The minimum atomic E-state index is -0.369. The second-order valence-electron chi connectivity index (χ2n) is 9.88. The van der Waals surface area contributed by atoms with E-state index in [0.717, 1.165) is 0 Å². The lowest BCUT2D eigenvalue weighted by molar-refractivity contribution is -0.905. The number of hydrogen-bond acceptors (Lipinski definition) is 9. The summed E-state index contributed by atoms with van der Waals surface area (Å²) in [6.07, 6.45) is 0. The van der Waals surface area contributed by atoms with Gasteiger partial charge in [0.15, 0.2) is 6.54 Å². The molecule has 0 spiro atoms. The first kappa shape index (κ1) is 29.0. The molecule has 4 amide bonds. The second-order valence-corrected chi connectivity index (χ2v) is 9.88. The van der Waals surface area contributed by atoms with E-state index in [1.165, 1.54) is 38.1 Å². The third-order valence-electron chi connectivity index (χ3n) is 6.27. The molecule has 0 atom stereocenters. The second kappa shape index (κ2) is 11.9. The first-order chi connectivity index (χ1) is 18.2. The first-order valence-corrected chi connectivity index (χ1v) is 12.2. The molecule has 14 nitrogen and oxygen atoms in total. The van der Waals surface area contributed by atoms with E-state index in [1.54, 1.807) is 0 Å². The first-order valence-electron chi connectivity index (χ1n) is 12.2. The van der Waals surface area contributed by atoms with Crippen LogP contribution in [0.5, 0.6) is 11.5 Å². The van der Waals surface area contributed by atoms with Crippen molar-refractivity contribution in [1.82, 2.24) is 4.90 Å². The number of phenolic OH excluding ortho intramolecular Hbond substituents is 2. The molecule has 2 aromatic rings. The summed E-state index contributed by atoms with van der Waals surface area (Å²) in [5.41, 5.74) is 12.9. The van der Waals surface area contributed by atoms with E-state index in [9.17, 15) is 29.4 Å². The Balaban J connectivity index is 1.52. The van der Waals surface area contributed by atoms with Crippen LogP contribution >= 0.6 is 0 Å². The number of likely N-dealkylation sites (N-methyl/N-ethyl adjacent to an activating group) is 1. The van der Waals surface area contributed by atoms with Gasteiger partial charge in [0.2, 0.25) is 17.7 Å². The number of piperazine rings is 1. The predicted molar refractivity (Wildman–Crippen MR) is 148 cm³/mol. The molecule has 1 heterocycles. The molecule has 10 N–H and O–H groups in total. The van der Waals surface area contributed by atoms with Crippen molar-refractivity contribution in [3.8, 4) is 11.5 Å². The Labute approximate surface area is 225 Å². The Bertz CT molecular complexity index is 1240. The van der Waals surface area contributed by atoms with Gasteiger partial charge in [0.05, 0.1) is 38.1 Å². The van der Waals surface area contributed by atoms with Crippen molar-refractivity contribution in [3.63, 3.8) is 0 Å². The topological polar surface area (TPSA) is 212 Å². The van der Waals surface area contributed by atoms with Gasteiger partial charge in [0, 0.05) is 50.4 Å². The van der Waals surface area contributed by atoms with Crippen LogP contribution in [0.3, 0.4) is 0 Å². The van der Waals surface area contributed by atoms with Crippen molar-refractivity contribution in [3.05, 3.63) is 24.3 Å². The number of benzene rings is 2. The molecule has 2 aromatic carbocycles. The van der Waals surface area contributed by atoms with Crippen LogP contribution in [0.1, 0.15) is 13.8 Å². The molecule has 0 saturated carbocycles. The van der Waals surface area contributed by atoms with E-state index >= 15 is 0 Å². The van der Waals surface area contributed by atoms with Crippen LogP contribution in [-0.4, -0.2) is 89.5 Å². The number of carbonyl (C=O) groups excluding carboxylic acids is 4. The Morgan fingerprint density at radius 3 is 1.64 bits per heavy atom. The highest BCUT2D eigenvalue weighted by Gasteiger charge is 2.32. The summed E-state index contributed by atoms with van der Waals surface area (Å²) < 4.78 is 0.410. The van der Waals surface area contributed by atoms with Crippen LogP contribution < -0.4 is 32.7 Å². The molecular formula is C25H35N8O6+. The van der Waals surface area contributed by atoms with E-state index in [0.29, 0.717) is 42.0 Å². The number of phenols is 2. The molecular weight excluding hydrogens is 508 g/mol. The Morgan fingerprint density at radius 1 is 0.795 bits per heavy atom. The van der Waals surface area contributed by atoms with Gasteiger partial charge in [-0.25, -0.2) is 0 Å². The summed E-state index contributed by atoms with van der Waals surface area (Å²) in [6, 6.07) is 5.49. The molecule has 1 aliphatic rings. The third kappa shape index (κ3) is 7.96. The molecule has 39 heavy (non-hydrogen) atoms. The number of hydrogen-bond donors (Lipinski definition) is 8. The fourth-order valence-electron chi connectivity index (χ4n) is 4.33. The Morgan fingerprint density at radius 2 is 1.23 bits per heavy atom. The lowest BCUT2D eigenvalue weighted by Crippen LogP contribution is -2.60. The third-order valence-corrected chi connectivity index (χ3v) is 6.27. The summed E-state index contributed by atoms with van der Waals surface area (Å²) in [4.78, 5) is 49.8. The highest BCUT2D eigenvalue weighted by molar-refractivity contribution is 6.00.